The maximum Gasteiger partial charge on any atom is 0.323 e. The Balaban J connectivity index is 2.82. The third-order valence-corrected chi connectivity index (χ3v) is 2.67. The molecule has 21 heavy (non-hydrogen) atoms. The number of benzene rings is 1. The van der Waals surface area contributed by atoms with Crippen molar-refractivity contribution in [2.75, 3.05) is 19.7 Å². The number of ether oxygens (including phenoxy) is 1. The van der Waals surface area contributed by atoms with Crippen LogP contribution in [0.4, 0.5) is 0 Å². The summed E-state index contributed by atoms with van der Waals surface area (Å²) in [6.45, 7) is 7.93. The van der Waals surface area contributed by atoms with Crippen LogP contribution < -0.4 is 4.74 Å². The molecule has 0 aliphatic heterocycles. The second-order valence-corrected chi connectivity index (χ2v) is 5.10. The number of rotatable bonds is 8. The van der Waals surface area contributed by atoms with E-state index >= 15 is 0 Å². The Morgan fingerprint density at radius 2 is 1.95 bits per heavy atom. The SMILES string of the molecule is C=CCOc1ccc(C(=O)N(CC(=O)O)CC(C)C)cc1. The van der Waals surface area contributed by atoms with Crippen molar-refractivity contribution in [2.45, 2.75) is 13.8 Å². The molecular weight excluding hydrogens is 270 g/mol. The van der Waals surface area contributed by atoms with Gasteiger partial charge in [0.05, 0.1) is 0 Å². The van der Waals surface area contributed by atoms with Crippen molar-refractivity contribution in [1.82, 2.24) is 4.90 Å². The van der Waals surface area contributed by atoms with Crippen molar-refractivity contribution in [3.63, 3.8) is 0 Å². The molecule has 1 aromatic carbocycles. The van der Waals surface area contributed by atoms with Gasteiger partial charge in [0, 0.05) is 12.1 Å². The first kappa shape index (κ1) is 16.8. The van der Waals surface area contributed by atoms with Gasteiger partial charge in [-0.25, -0.2) is 0 Å². The average Bonchev–Trinajstić information content (AvgIpc) is 2.43. The molecule has 114 valence electrons. The number of aliphatic carboxylic acids is 1. The lowest BCUT2D eigenvalue weighted by molar-refractivity contribution is -0.137. The van der Waals surface area contributed by atoms with E-state index in [1.165, 1.54) is 4.90 Å². The number of carboxylic acid groups (broad SMARTS) is 1. The van der Waals surface area contributed by atoms with Crippen LogP contribution in [0.15, 0.2) is 36.9 Å². The van der Waals surface area contributed by atoms with Crippen molar-refractivity contribution >= 4 is 11.9 Å². The van der Waals surface area contributed by atoms with Gasteiger partial charge in [-0.05, 0) is 30.2 Å². The highest BCUT2D eigenvalue weighted by atomic mass is 16.5. The Kier molecular flexibility index (Phi) is 6.46. The summed E-state index contributed by atoms with van der Waals surface area (Å²) in [5.74, 6) is -0.472. The molecule has 0 aromatic heterocycles. The zero-order valence-electron chi connectivity index (χ0n) is 12.4. The van der Waals surface area contributed by atoms with Crippen LogP contribution in [-0.2, 0) is 4.79 Å². The normalized spacial score (nSPS) is 10.2. The largest absolute Gasteiger partial charge is 0.490 e. The summed E-state index contributed by atoms with van der Waals surface area (Å²) in [7, 11) is 0. The lowest BCUT2D eigenvalue weighted by atomic mass is 10.1. The first-order valence-corrected chi connectivity index (χ1v) is 6.79. The third-order valence-electron chi connectivity index (χ3n) is 2.67. The fourth-order valence-electron chi connectivity index (χ4n) is 1.85. The molecule has 5 nitrogen and oxygen atoms in total. The molecule has 0 aliphatic carbocycles. The molecule has 0 fully saturated rings. The van der Waals surface area contributed by atoms with Crippen molar-refractivity contribution in [2.24, 2.45) is 5.92 Å². The van der Waals surface area contributed by atoms with Crippen LogP contribution in [0, 0.1) is 5.92 Å². The van der Waals surface area contributed by atoms with Gasteiger partial charge in [0.25, 0.3) is 5.91 Å². The average molecular weight is 291 g/mol. The van der Waals surface area contributed by atoms with Crippen molar-refractivity contribution in [1.29, 1.82) is 0 Å². The highest BCUT2D eigenvalue weighted by molar-refractivity contribution is 5.95. The molecule has 0 heterocycles. The summed E-state index contributed by atoms with van der Waals surface area (Å²) in [6.07, 6.45) is 1.64. The quantitative estimate of drug-likeness (QED) is 0.747. The summed E-state index contributed by atoms with van der Waals surface area (Å²) in [4.78, 5) is 24.6. The van der Waals surface area contributed by atoms with Crippen LogP contribution in [-0.4, -0.2) is 41.6 Å². The van der Waals surface area contributed by atoms with Gasteiger partial charge in [-0.3, -0.25) is 9.59 Å². The van der Waals surface area contributed by atoms with Crippen LogP contribution in [0.3, 0.4) is 0 Å². The molecule has 1 amide bonds. The Labute approximate surface area is 124 Å². The molecule has 0 saturated carbocycles. The standard InChI is InChI=1S/C16H21NO4/c1-4-9-21-14-7-5-13(6-8-14)16(20)17(10-12(2)3)11-15(18)19/h4-8,12H,1,9-11H2,2-3H3,(H,18,19). The Hall–Kier alpha value is -2.30. The minimum absolute atomic E-state index is 0.198. The minimum atomic E-state index is -1.02. The summed E-state index contributed by atoms with van der Waals surface area (Å²) < 4.78 is 5.34. The lowest BCUT2D eigenvalue weighted by Crippen LogP contribution is -2.38. The fraction of sp³-hybridized carbons (Fsp3) is 0.375. The fourth-order valence-corrected chi connectivity index (χ4v) is 1.85. The van der Waals surface area contributed by atoms with E-state index in [-0.39, 0.29) is 18.4 Å². The van der Waals surface area contributed by atoms with Crippen LogP contribution in [0.2, 0.25) is 0 Å². The topological polar surface area (TPSA) is 66.8 Å². The predicted octanol–water partition coefficient (Wildman–Crippen LogP) is 2.43. The van der Waals surface area contributed by atoms with Gasteiger partial charge < -0.3 is 14.7 Å². The van der Waals surface area contributed by atoms with E-state index in [1.54, 1.807) is 30.3 Å². The summed E-state index contributed by atoms with van der Waals surface area (Å²) in [5, 5.41) is 8.91. The second-order valence-electron chi connectivity index (χ2n) is 5.10. The van der Waals surface area contributed by atoms with Crippen molar-refractivity contribution in [3.8, 4) is 5.75 Å². The van der Waals surface area contributed by atoms with Gasteiger partial charge in [0.15, 0.2) is 0 Å². The molecule has 0 spiro atoms. The maximum atomic E-state index is 12.3. The number of carboxylic acids is 1. The number of carbonyl (C=O) groups excluding carboxylic acids is 1. The molecular formula is C16H21NO4. The summed E-state index contributed by atoms with van der Waals surface area (Å²) >= 11 is 0. The van der Waals surface area contributed by atoms with Crippen LogP contribution in [0.1, 0.15) is 24.2 Å². The molecule has 0 unspecified atom stereocenters. The number of carbonyl (C=O) groups is 2. The van der Waals surface area contributed by atoms with Gasteiger partial charge in [-0.1, -0.05) is 26.5 Å². The van der Waals surface area contributed by atoms with Crippen molar-refractivity contribution < 1.29 is 19.4 Å². The molecule has 1 rings (SSSR count). The van der Waals surface area contributed by atoms with Gasteiger partial charge in [0.2, 0.25) is 0 Å². The van der Waals surface area contributed by atoms with E-state index < -0.39 is 5.97 Å². The molecule has 5 heteroatoms. The zero-order chi connectivity index (χ0) is 15.8. The molecule has 0 saturated heterocycles. The molecule has 0 atom stereocenters. The molecule has 0 aliphatic rings. The number of hydrogen-bond donors (Lipinski definition) is 1. The summed E-state index contributed by atoms with van der Waals surface area (Å²) in [5.41, 5.74) is 0.447. The second kappa shape index (κ2) is 8.09. The highest BCUT2D eigenvalue weighted by Crippen LogP contribution is 2.14. The number of amides is 1. The van der Waals surface area contributed by atoms with Gasteiger partial charge in [0.1, 0.15) is 18.9 Å². The van der Waals surface area contributed by atoms with Gasteiger partial charge in [-0.15, -0.1) is 0 Å². The van der Waals surface area contributed by atoms with E-state index in [0.717, 1.165) is 0 Å². The Bertz CT molecular complexity index is 494. The van der Waals surface area contributed by atoms with Gasteiger partial charge in [-0.2, -0.15) is 0 Å². The van der Waals surface area contributed by atoms with E-state index in [2.05, 4.69) is 6.58 Å². The number of hydrogen-bond acceptors (Lipinski definition) is 3. The molecule has 0 radical (unpaired) electrons. The van der Waals surface area contributed by atoms with Crippen molar-refractivity contribution in [3.05, 3.63) is 42.5 Å². The van der Waals surface area contributed by atoms with Crippen LogP contribution in [0.5, 0.6) is 5.75 Å². The summed E-state index contributed by atoms with van der Waals surface area (Å²) in [6, 6.07) is 6.64. The van der Waals surface area contributed by atoms with Crippen LogP contribution >= 0.6 is 0 Å². The maximum absolute atomic E-state index is 12.3. The first-order chi connectivity index (χ1) is 9.93. The smallest absolute Gasteiger partial charge is 0.323 e. The van der Waals surface area contributed by atoms with E-state index in [0.29, 0.717) is 24.5 Å². The Morgan fingerprint density at radius 3 is 2.43 bits per heavy atom. The lowest BCUT2D eigenvalue weighted by Gasteiger charge is -2.22. The van der Waals surface area contributed by atoms with Gasteiger partial charge >= 0.3 is 5.97 Å². The van der Waals surface area contributed by atoms with E-state index in [4.69, 9.17) is 9.84 Å². The molecule has 0 bridgehead atoms. The van der Waals surface area contributed by atoms with E-state index in [1.807, 2.05) is 13.8 Å². The first-order valence-electron chi connectivity index (χ1n) is 6.79. The van der Waals surface area contributed by atoms with E-state index in [9.17, 15) is 9.59 Å². The number of nitrogens with zero attached hydrogens (tertiary/aromatic N) is 1. The Morgan fingerprint density at radius 1 is 1.33 bits per heavy atom. The monoisotopic (exact) mass is 291 g/mol. The molecule has 1 N–H and O–H groups in total. The zero-order valence-corrected chi connectivity index (χ0v) is 12.4. The van der Waals surface area contributed by atoms with Crippen LogP contribution in [0.25, 0.3) is 0 Å². The molecule has 1 aromatic rings. The third kappa shape index (κ3) is 5.69. The minimum Gasteiger partial charge on any atom is -0.490 e. The highest BCUT2D eigenvalue weighted by Gasteiger charge is 2.19. The predicted molar refractivity (Wildman–Crippen MR) is 80.5 cm³/mol.